The number of hydrogen-bond donors (Lipinski definition) is 0. The van der Waals surface area contributed by atoms with Gasteiger partial charge in [0.25, 0.3) is 0 Å². The average molecular weight is 275 g/mol. The normalized spacial score (nSPS) is 12.1. The second kappa shape index (κ2) is 7.20. The maximum absolute atomic E-state index is 6.57. The second-order valence-corrected chi connectivity index (χ2v) is 4.95. The van der Waals surface area contributed by atoms with Gasteiger partial charge >= 0.3 is 0 Å². The summed E-state index contributed by atoms with van der Waals surface area (Å²) in [6.45, 7) is 2.90. The van der Waals surface area contributed by atoms with Crippen molar-refractivity contribution in [2.75, 3.05) is 6.61 Å². The molecule has 0 spiro atoms. The Morgan fingerprint density at radius 1 is 1.00 bits per heavy atom. The molecule has 0 N–H and O–H groups in total. The molecule has 0 fully saturated rings. The van der Waals surface area contributed by atoms with Crippen molar-refractivity contribution in [3.8, 4) is 5.75 Å². The number of halogens is 1. The lowest BCUT2D eigenvalue weighted by molar-refractivity contribution is 0.306. The zero-order valence-corrected chi connectivity index (χ0v) is 11.9. The Morgan fingerprint density at radius 2 is 1.68 bits per heavy atom. The van der Waals surface area contributed by atoms with Crippen molar-refractivity contribution in [1.82, 2.24) is 0 Å². The number of hydrogen-bond acceptors (Lipinski definition) is 1. The van der Waals surface area contributed by atoms with E-state index in [0.29, 0.717) is 0 Å². The Morgan fingerprint density at radius 3 is 2.42 bits per heavy atom. The molecule has 1 unspecified atom stereocenters. The van der Waals surface area contributed by atoms with E-state index in [2.05, 4.69) is 6.92 Å². The van der Waals surface area contributed by atoms with E-state index in [1.165, 1.54) is 0 Å². The van der Waals surface area contributed by atoms with E-state index in [9.17, 15) is 0 Å². The van der Waals surface area contributed by atoms with Crippen LogP contribution in [0.25, 0.3) is 0 Å². The van der Waals surface area contributed by atoms with E-state index in [4.69, 9.17) is 16.3 Å². The van der Waals surface area contributed by atoms with Crippen molar-refractivity contribution < 1.29 is 4.74 Å². The summed E-state index contributed by atoms with van der Waals surface area (Å²) in [6.07, 6.45) is 2.19. The Kier molecular flexibility index (Phi) is 5.29. The fraction of sp³-hybridized carbons (Fsp3) is 0.294. The summed E-state index contributed by atoms with van der Waals surface area (Å²) in [5.41, 5.74) is 2.13. The number of ether oxygens (including phenoxy) is 1. The molecule has 1 nitrogen and oxygen atoms in total. The number of unbranched alkanes of at least 4 members (excludes halogenated alkanes) is 1. The van der Waals surface area contributed by atoms with Crippen LogP contribution in [0.3, 0.4) is 0 Å². The van der Waals surface area contributed by atoms with Crippen molar-refractivity contribution in [1.29, 1.82) is 0 Å². The Hall–Kier alpha value is -1.47. The van der Waals surface area contributed by atoms with Gasteiger partial charge in [-0.2, -0.15) is 0 Å². The minimum atomic E-state index is -0.168. The first-order chi connectivity index (χ1) is 9.33. The third kappa shape index (κ3) is 3.74. The van der Waals surface area contributed by atoms with Crippen molar-refractivity contribution in [2.24, 2.45) is 0 Å². The maximum atomic E-state index is 6.57. The minimum absolute atomic E-state index is 0.168. The van der Waals surface area contributed by atoms with Gasteiger partial charge in [0.2, 0.25) is 0 Å². The predicted octanol–water partition coefficient (Wildman–Crippen LogP) is 5.19. The highest BCUT2D eigenvalue weighted by Gasteiger charge is 2.14. The van der Waals surface area contributed by atoms with Gasteiger partial charge in [0.15, 0.2) is 0 Å². The van der Waals surface area contributed by atoms with Gasteiger partial charge in [-0.15, -0.1) is 11.6 Å². The van der Waals surface area contributed by atoms with E-state index in [-0.39, 0.29) is 5.38 Å². The molecule has 1 atom stereocenters. The van der Waals surface area contributed by atoms with Gasteiger partial charge in [-0.05, 0) is 18.1 Å². The van der Waals surface area contributed by atoms with Crippen LogP contribution in [0.1, 0.15) is 36.3 Å². The highest BCUT2D eigenvalue weighted by atomic mass is 35.5. The van der Waals surface area contributed by atoms with E-state index in [1.54, 1.807) is 0 Å². The summed E-state index contributed by atoms with van der Waals surface area (Å²) in [5, 5.41) is -0.168. The molecule has 0 heterocycles. The zero-order valence-electron chi connectivity index (χ0n) is 11.2. The lowest BCUT2D eigenvalue weighted by atomic mass is 10.0. The molecular weight excluding hydrogens is 256 g/mol. The highest BCUT2D eigenvalue weighted by Crippen LogP contribution is 2.34. The standard InChI is InChI=1S/C17H19ClO/c1-2-3-13-19-16-12-8-7-11-15(16)17(18)14-9-5-4-6-10-14/h4-12,17H,2-3,13H2,1H3. The van der Waals surface area contributed by atoms with Gasteiger partial charge in [0.05, 0.1) is 12.0 Å². The molecule has 0 bridgehead atoms. The van der Waals surface area contributed by atoms with E-state index < -0.39 is 0 Å². The zero-order chi connectivity index (χ0) is 13.5. The summed E-state index contributed by atoms with van der Waals surface area (Å²) < 4.78 is 5.84. The summed E-state index contributed by atoms with van der Waals surface area (Å²) in [7, 11) is 0. The summed E-state index contributed by atoms with van der Waals surface area (Å²) in [5.74, 6) is 0.889. The molecule has 19 heavy (non-hydrogen) atoms. The topological polar surface area (TPSA) is 9.23 Å². The molecule has 0 saturated heterocycles. The van der Waals surface area contributed by atoms with E-state index >= 15 is 0 Å². The molecule has 0 aromatic heterocycles. The van der Waals surface area contributed by atoms with Gasteiger partial charge in [-0.25, -0.2) is 0 Å². The highest BCUT2D eigenvalue weighted by molar-refractivity contribution is 6.22. The monoisotopic (exact) mass is 274 g/mol. The molecule has 100 valence electrons. The van der Waals surface area contributed by atoms with Crippen LogP contribution in [0.15, 0.2) is 54.6 Å². The molecular formula is C17H19ClO. The van der Waals surface area contributed by atoms with Gasteiger partial charge in [0, 0.05) is 5.56 Å². The number of para-hydroxylation sites is 1. The van der Waals surface area contributed by atoms with Crippen LogP contribution in [0.5, 0.6) is 5.75 Å². The van der Waals surface area contributed by atoms with Crippen LogP contribution in [0.4, 0.5) is 0 Å². The smallest absolute Gasteiger partial charge is 0.124 e. The Labute approximate surface area is 120 Å². The van der Waals surface area contributed by atoms with Crippen molar-refractivity contribution in [2.45, 2.75) is 25.1 Å². The van der Waals surface area contributed by atoms with E-state index in [1.807, 2.05) is 54.6 Å². The largest absolute Gasteiger partial charge is 0.493 e. The molecule has 0 saturated carbocycles. The fourth-order valence-electron chi connectivity index (χ4n) is 1.95. The van der Waals surface area contributed by atoms with Crippen LogP contribution in [-0.2, 0) is 0 Å². The van der Waals surface area contributed by atoms with Gasteiger partial charge in [-0.1, -0.05) is 61.9 Å². The van der Waals surface area contributed by atoms with Crippen molar-refractivity contribution in [3.63, 3.8) is 0 Å². The molecule has 0 aliphatic rings. The molecule has 2 aromatic carbocycles. The lowest BCUT2D eigenvalue weighted by Crippen LogP contribution is -2.02. The quantitative estimate of drug-likeness (QED) is 0.520. The fourth-order valence-corrected chi connectivity index (χ4v) is 2.28. The van der Waals surface area contributed by atoms with Crippen molar-refractivity contribution in [3.05, 3.63) is 65.7 Å². The SMILES string of the molecule is CCCCOc1ccccc1C(Cl)c1ccccc1. The van der Waals surface area contributed by atoms with Gasteiger partial charge < -0.3 is 4.74 Å². The average Bonchev–Trinajstić information content (AvgIpc) is 2.48. The minimum Gasteiger partial charge on any atom is -0.493 e. The predicted molar refractivity (Wildman–Crippen MR) is 81.0 cm³/mol. The molecule has 2 rings (SSSR count). The number of rotatable bonds is 6. The third-order valence-electron chi connectivity index (χ3n) is 3.04. The first-order valence-corrected chi connectivity index (χ1v) is 7.17. The van der Waals surface area contributed by atoms with Crippen LogP contribution in [0.2, 0.25) is 0 Å². The molecule has 0 aliphatic carbocycles. The van der Waals surface area contributed by atoms with Crippen LogP contribution >= 0.6 is 11.6 Å². The summed E-state index contributed by atoms with van der Waals surface area (Å²) in [6, 6.07) is 18.1. The maximum Gasteiger partial charge on any atom is 0.124 e. The van der Waals surface area contributed by atoms with E-state index in [0.717, 1.165) is 36.3 Å². The number of alkyl halides is 1. The first kappa shape index (κ1) is 14.0. The third-order valence-corrected chi connectivity index (χ3v) is 3.53. The Balaban J connectivity index is 2.19. The van der Waals surface area contributed by atoms with Crippen LogP contribution in [-0.4, -0.2) is 6.61 Å². The molecule has 0 radical (unpaired) electrons. The summed E-state index contributed by atoms with van der Waals surface area (Å²) >= 11 is 6.57. The van der Waals surface area contributed by atoms with Crippen LogP contribution in [0, 0.1) is 0 Å². The second-order valence-electron chi connectivity index (χ2n) is 4.51. The van der Waals surface area contributed by atoms with Gasteiger partial charge in [0.1, 0.15) is 5.75 Å². The molecule has 0 aliphatic heterocycles. The molecule has 2 aromatic rings. The summed E-state index contributed by atoms with van der Waals surface area (Å²) in [4.78, 5) is 0. The molecule has 2 heteroatoms. The lowest BCUT2D eigenvalue weighted by Gasteiger charge is -2.15. The Bertz CT molecular complexity index is 496. The first-order valence-electron chi connectivity index (χ1n) is 6.73. The van der Waals surface area contributed by atoms with Crippen LogP contribution < -0.4 is 4.74 Å². The van der Waals surface area contributed by atoms with Gasteiger partial charge in [-0.3, -0.25) is 0 Å². The molecule has 0 amide bonds. The van der Waals surface area contributed by atoms with Crippen molar-refractivity contribution >= 4 is 11.6 Å². The number of benzene rings is 2.